The predicted octanol–water partition coefficient (Wildman–Crippen LogP) is 2.89. The van der Waals surface area contributed by atoms with Gasteiger partial charge in [-0.3, -0.25) is 9.59 Å². The molecule has 0 saturated carbocycles. The molecule has 25 heavy (non-hydrogen) atoms. The lowest BCUT2D eigenvalue weighted by Crippen LogP contribution is -2.16. The van der Waals surface area contributed by atoms with Crippen molar-refractivity contribution in [3.8, 4) is 0 Å². The minimum absolute atomic E-state index is 0.112. The third-order valence-electron chi connectivity index (χ3n) is 4.04. The molecule has 130 valence electrons. The van der Waals surface area contributed by atoms with Gasteiger partial charge in [0.15, 0.2) is 11.0 Å². The van der Waals surface area contributed by atoms with Gasteiger partial charge >= 0.3 is 0 Å². The zero-order chi connectivity index (χ0) is 17.4. The first-order valence-electron chi connectivity index (χ1n) is 8.00. The first-order chi connectivity index (χ1) is 12.1. The molecule has 1 aliphatic carbocycles. The molecule has 2 N–H and O–H groups in total. The second-order valence-corrected chi connectivity index (χ2v) is 7.97. The van der Waals surface area contributed by atoms with Crippen LogP contribution in [-0.4, -0.2) is 26.8 Å². The summed E-state index contributed by atoms with van der Waals surface area (Å²) in [4.78, 5) is 33.8. The van der Waals surface area contributed by atoms with Crippen molar-refractivity contribution in [1.29, 1.82) is 0 Å². The lowest BCUT2D eigenvalue weighted by atomic mass is 9.97. The van der Waals surface area contributed by atoms with Crippen LogP contribution in [0.4, 0.5) is 5.82 Å². The molecule has 0 aromatic carbocycles. The third-order valence-corrected chi connectivity index (χ3v) is 6.10. The Balaban J connectivity index is 1.50. The van der Waals surface area contributed by atoms with Crippen LogP contribution in [0.15, 0.2) is 20.5 Å². The first kappa shape index (κ1) is 16.3. The number of aromatic amines is 1. The van der Waals surface area contributed by atoms with Crippen LogP contribution in [0.5, 0.6) is 0 Å². The SMILES string of the molecule is Cc1cc(NC(=O)CSc2nc3sc4c(c3c(=O)[nH]2)CCCC4)no1. The highest BCUT2D eigenvalue weighted by atomic mass is 32.2. The molecule has 0 unspecified atom stereocenters. The summed E-state index contributed by atoms with van der Waals surface area (Å²) in [5.41, 5.74) is 1.05. The topological polar surface area (TPSA) is 101 Å². The van der Waals surface area contributed by atoms with Crippen molar-refractivity contribution in [2.75, 3.05) is 11.1 Å². The minimum atomic E-state index is -0.230. The highest BCUT2D eigenvalue weighted by Crippen LogP contribution is 2.34. The highest BCUT2D eigenvalue weighted by molar-refractivity contribution is 7.99. The maximum atomic E-state index is 12.4. The van der Waals surface area contributed by atoms with Crippen molar-refractivity contribution < 1.29 is 9.32 Å². The summed E-state index contributed by atoms with van der Waals surface area (Å²) in [5, 5.41) is 7.55. The molecule has 0 spiro atoms. The van der Waals surface area contributed by atoms with Crippen molar-refractivity contribution >= 4 is 45.0 Å². The molecule has 1 amide bonds. The smallest absolute Gasteiger partial charge is 0.260 e. The molecule has 0 aliphatic heterocycles. The number of carbonyl (C=O) groups excluding carboxylic acids is 1. The molecule has 3 aromatic rings. The number of nitrogens with zero attached hydrogens (tertiary/aromatic N) is 2. The molecule has 9 heteroatoms. The number of nitrogens with one attached hydrogen (secondary N) is 2. The van der Waals surface area contributed by atoms with Gasteiger partial charge in [-0.05, 0) is 38.2 Å². The zero-order valence-electron chi connectivity index (χ0n) is 13.5. The van der Waals surface area contributed by atoms with Gasteiger partial charge in [-0.25, -0.2) is 4.98 Å². The number of thioether (sulfide) groups is 1. The number of rotatable bonds is 4. The molecule has 3 aromatic heterocycles. The number of H-pyrrole nitrogens is 1. The van der Waals surface area contributed by atoms with Crippen molar-refractivity contribution in [2.45, 2.75) is 37.8 Å². The van der Waals surface area contributed by atoms with E-state index < -0.39 is 0 Å². The van der Waals surface area contributed by atoms with Gasteiger partial charge in [-0.2, -0.15) is 0 Å². The summed E-state index contributed by atoms with van der Waals surface area (Å²) in [7, 11) is 0. The highest BCUT2D eigenvalue weighted by Gasteiger charge is 2.20. The zero-order valence-corrected chi connectivity index (χ0v) is 15.2. The minimum Gasteiger partial charge on any atom is -0.360 e. The fourth-order valence-corrected chi connectivity index (χ4v) is 4.93. The van der Waals surface area contributed by atoms with Crippen LogP contribution in [0.1, 0.15) is 29.0 Å². The lowest BCUT2D eigenvalue weighted by molar-refractivity contribution is -0.113. The number of hydrogen-bond donors (Lipinski definition) is 2. The van der Waals surface area contributed by atoms with E-state index in [1.807, 2.05) is 0 Å². The Morgan fingerprint density at radius 3 is 3.08 bits per heavy atom. The first-order valence-corrected chi connectivity index (χ1v) is 9.81. The van der Waals surface area contributed by atoms with E-state index in [-0.39, 0.29) is 17.2 Å². The Hall–Kier alpha value is -2.13. The fourth-order valence-electron chi connectivity index (χ4n) is 2.95. The van der Waals surface area contributed by atoms with Crippen molar-refractivity contribution in [3.05, 3.63) is 32.6 Å². The van der Waals surface area contributed by atoms with E-state index in [1.165, 1.54) is 23.1 Å². The van der Waals surface area contributed by atoms with E-state index in [9.17, 15) is 9.59 Å². The molecule has 3 heterocycles. The molecular weight excluding hydrogens is 360 g/mol. The van der Waals surface area contributed by atoms with E-state index in [1.54, 1.807) is 24.3 Å². The number of amides is 1. The number of fused-ring (bicyclic) bond motifs is 3. The van der Waals surface area contributed by atoms with E-state index >= 15 is 0 Å². The van der Waals surface area contributed by atoms with Crippen LogP contribution in [0.3, 0.4) is 0 Å². The molecule has 0 fully saturated rings. The standard InChI is InChI=1S/C16H16N4O3S2/c1-8-6-11(20-23-8)17-12(21)7-24-16-18-14(22)13-9-4-2-3-5-10(9)25-15(13)19-16/h6H,2-5,7H2,1H3,(H,17,20,21)(H,18,19,22). The second kappa shape index (κ2) is 6.64. The van der Waals surface area contributed by atoms with E-state index in [0.29, 0.717) is 16.7 Å². The third kappa shape index (κ3) is 3.34. The van der Waals surface area contributed by atoms with Gasteiger partial charge in [0.2, 0.25) is 5.91 Å². The van der Waals surface area contributed by atoms with E-state index in [4.69, 9.17) is 4.52 Å². The largest absolute Gasteiger partial charge is 0.360 e. The van der Waals surface area contributed by atoms with Gasteiger partial charge < -0.3 is 14.8 Å². The lowest BCUT2D eigenvalue weighted by Gasteiger charge is -2.09. The summed E-state index contributed by atoms with van der Waals surface area (Å²) in [6.45, 7) is 1.75. The predicted molar refractivity (Wildman–Crippen MR) is 97.5 cm³/mol. The monoisotopic (exact) mass is 376 g/mol. The van der Waals surface area contributed by atoms with E-state index in [0.717, 1.165) is 35.0 Å². The van der Waals surface area contributed by atoms with Crippen molar-refractivity contribution in [3.63, 3.8) is 0 Å². The summed E-state index contributed by atoms with van der Waals surface area (Å²) < 4.78 is 4.90. The Bertz CT molecular complexity index is 1000. The van der Waals surface area contributed by atoms with Gasteiger partial charge in [0, 0.05) is 10.9 Å². The number of aryl methyl sites for hydroxylation is 3. The van der Waals surface area contributed by atoms with Gasteiger partial charge in [-0.1, -0.05) is 16.9 Å². The molecule has 0 bridgehead atoms. The molecular formula is C16H16N4O3S2. The van der Waals surface area contributed by atoms with Crippen LogP contribution in [0.2, 0.25) is 0 Å². The average Bonchev–Trinajstić information content (AvgIpc) is 3.16. The van der Waals surface area contributed by atoms with Gasteiger partial charge in [0.25, 0.3) is 5.56 Å². The Morgan fingerprint density at radius 2 is 2.28 bits per heavy atom. The molecule has 4 rings (SSSR count). The normalized spacial score (nSPS) is 13.8. The molecule has 0 atom stereocenters. The quantitative estimate of drug-likeness (QED) is 0.536. The van der Waals surface area contributed by atoms with Crippen LogP contribution in [0, 0.1) is 6.92 Å². The molecule has 7 nitrogen and oxygen atoms in total. The number of aromatic nitrogens is 3. The maximum absolute atomic E-state index is 12.4. The van der Waals surface area contributed by atoms with Crippen LogP contribution in [0.25, 0.3) is 10.2 Å². The van der Waals surface area contributed by atoms with Crippen LogP contribution < -0.4 is 10.9 Å². The number of anilines is 1. The summed E-state index contributed by atoms with van der Waals surface area (Å²) in [6, 6.07) is 1.64. The second-order valence-electron chi connectivity index (χ2n) is 5.92. The van der Waals surface area contributed by atoms with Gasteiger partial charge in [-0.15, -0.1) is 11.3 Å². The van der Waals surface area contributed by atoms with Gasteiger partial charge in [0.1, 0.15) is 10.6 Å². The number of thiophene rings is 1. The summed E-state index contributed by atoms with van der Waals surface area (Å²) >= 11 is 2.80. The van der Waals surface area contributed by atoms with Crippen molar-refractivity contribution in [2.24, 2.45) is 0 Å². The fraction of sp³-hybridized carbons (Fsp3) is 0.375. The summed E-state index contributed by atoms with van der Waals surface area (Å²) in [5.74, 6) is 0.907. The van der Waals surface area contributed by atoms with Crippen molar-refractivity contribution in [1.82, 2.24) is 15.1 Å². The molecule has 0 radical (unpaired) electrons. The Labute approximate surface area is 151 Å². The summed E-state index contributed by atoms with van der Waals surface area (Å²) in [6.07, 6.45) is 4.27. The van der Waals surface area contributed by atoms with Gasteiger partial charge in [0.05, 0.1) is 11.1 Å². The average molecular weight is 376 g/mol. The van der Waals surface area contributed by atoms with E-state index in [2.05, 4.69) is 20.4 Å². The van der Waals surface area contributed by atoms with Crippen LogP contribution >= 0.6 is 23.1 Å². The Kier molecular flexibility index (Phi) is 4.34. The molecule has 1 aliphatic rings. The molecule has 0 saturated heterocycles. The maximum Gasteiger partial charge on any atom is 0.260 e. The number of hydrogen-bond acceptors (Lipinski definition) is 7. The number of carbonyl (C=O) groups is 1. The van der Waals surface area contributed by atoms with Crippen LogP contribution in [-0.2, 0) is 17.6 Å². The Morgan fingerprint density at radius 1 is 1.44 bits per heavy atom.